The van der Waals surface area contributed by atoms with Crippen molar-refractivity contribution in [3.63, 3.8) is 0 Å². The molecule has 1 saturated carbocycles. The summed E-state index contributed by atoms with van der Waals surface area (Å²) >= 11 is 0. The van der Waals surface area contributed by atoms with E-state index in [0.29, 0.717) is 5.92 Å². The maximum Gasteiger partial charge on any atom is 0.241 e. The van der Waals surface area contributed by atoms with Crippen LogP contribution in [0.25, 0.3) is 0 Å². The predicted molar refractivity (Wildman–Crippen MR) is 93.3 cm³/mol. The molecule has 1 saturated heterocycles. The summed E-state index contributed by atoms with van der Waals surface area (Å²) in [5.41, 5.74) is -0.287. The van der Waals surface area contributed by atoms with E-state index in [0.717, 1.165) is 51.0 Å². The summed E-state index contributed by atoms with van der Waals surface area (Å²) in [5.74, 6) is 1.54. The van der Waals surface area contributed by atoms with E-state index in [9.17, 15) is 4.79 Å². The monoisotopic (exact) mass is 333 g/mol. The highest BCUT2D eigenvalue weighted by atomic mass is 16.2. The fraction of sp³-hybridized carbons (Fsp3) is 0.833. The zero-order valence-electron chi connectivity index (χ0n) is 15.3. The topological polar surface area (TPSA) is 63.1 Å². The summed E-state index contributed by atoms with van der Waals surface area (Å²) in [7, 11) is 1.90. The van der Waals surface area contributed by atoms with Crippen molar-refractivity contribution in [1.82, 2.24) is 25.0 Å². The molecule has 1 unspecified atom stereocenters. The summed E-state index contributed by atoms with van der Waals surface area (Å²) in [4.78, 5) is 20.2. The van der Waals surface area contributed by atoms with Gasteiger partial charge < -0.3 is 5.32 Å². The number of hydrogen-bond donors (Lipinski definition) is 1. The Bertz CT molecular complexity index is 556. The lowest BCUT2D eigenvalue weighted by Gasteiger charge is -2.38. The van der Waals surface area contributed by atoms with Gasteiger partial charge in [0.15, 0.2) is 0 Å². The van der Waals surface area contributed by atoms with Gasteiger partial charge in [-0.25, -0.2) is 4.98 Å². The minimum absolute atomic E-state index is 0.0647. The molecular formula is C18H31N5O. The lowest BCUT2D eigenvalue weighted by Crippen LogP contribution is -2.57. The van der Waals surface area contributed by atoms with Crippen molar-refractivity contribution < 1.29 is 4.79 Å². The molecule has 0 radical (unpaired) electrons. The van der Waals surface area contributed by atoms with Crippen LogP contribution < -0.4 is 5.32 Å². The zero-order valence-corrected chi connectivity index (χ0v) is 15.3. The maximum atomic E-state index is 13.3. The Morgan fingerprint density at radius 2 is 1.92 bits per heavy atom. The van der Waals surface area contributed by atoms with Crippen molar-refractivity contribution in [1.29, 1.82) is 0 Å². The molecule has 6 nitrogen and oxygen atoms in total. The van der Waals surface area contributed by atoms with Crippen LogP contribution in [0.2, 0.25) is 0 Å². The fourth-order valence-electron chi connectivity index (χ4n) is 4.41. The van der Waals surface area contributed by atoms with E-state index in [2.05, 4.69) is 34.1 Å². The smallest absolute Gasteiger partial charge is 0.241 e. The Kier molecular flexibility index (Phi) is 5.23. The quantitative estimate of drug-likeness (QED) is 0.868. The number of amides is 1. The molecule has 1 aliphatic heterocycles. The van der Waals surface area contributed by atoms with Crippen LogP contribution in [0.15, 0.2) is 6.33 Å². The van der Waals surface area contributed by atoms with Crippen LogP contribution in [-0.2, 0) is 11.8 Å². The number of likely N-dealkylation sites (tertiary alicyclic amines) is 1. The standard InChI is InChI=1S/C18H31N5O/c1-14(2)12-15(16-19-13-20-22(16)3)21-17(24)18(8-4-5-9-18)23-10-6-7-11-23/h13-15H,4-12H2,1-3H3,(H,21,24). The average Bonchev–Trinajstić information content (AvgIpc) is 3.27. The Hall–Kier alpha value is -1.43. The number of aromatic nitrogens is 3. The number of aryl methyl sites for hydroxylation is 1. The number of hydrogen-bond acceptors (Lipinski definition) is 4. The Labute approximate surface area is 145 Å². The molecule has 1 aromatic rings. The highest BCUT2D eigenvalue weighted by Gasteiger charge is 2.47. The van der Waals surface area contributed by atoms with Gasteiger partial charge >= 0.3 is 0 Å². The third-order valence-electron chi connectivity index (χ3n) is 5.64. The van der Waals surface area contributed by atoms with E-state index in [1.165, 1.54) is 12.8 Å². The molecule has 1 amide bonds. The van der Waals surface area contributed by atoms with Gasteiger partial charge in [-0.05, 0) is 51.1 Å². The van der Waals surface area contributed by atoms with Gasteiger partial charge in [-0.3, -0.25) is 14.4 Å². The van der Waals surface area contributed by atoms with Crippen LogP contribution in [0.3, 0.4) is 0 Å². The van der Waals surface area contributed by atoms with Gasteiger partial charge in [0.1, 0.15) is 17.7 Å². The van der Waals surface area contributed by atoms with Gasteiger partial charge in [-0.1, -0.05) is 26.7 Å². The predicted octanol–water partition coefficient (Wildman–Crippen LogP) is 2.43. The SMILES string of the molecule is CC(C)CC(NC(=O)C1(N2CCCC2)CCCC1)c1ncnn1C. The molecule has 2 fully saturated rings. The van der Waals surface area contributed by atoms with E-state index < -0.39 is 0 Å². The number of carbonyl (C=O) groups is 1. The van der Waals surface area contributed by atoms with Crippen molar-refractivity contribution in [3.05, 3.63) is 12.2 Å². The third kappa shape index (κ3) is 3.34. The molecule has 3 rings (SSSR count). The lowest BCUT2D eigenvalue weighted by molar-refractivity contribution is -0.133. The summed E-state index contributed by atoms with van der Waals surface area (Å²) < 4.78 is 1.78. The molecule has 1 aromatic heterocycles. The van der Waals surface area contributed by atoms with E-state index in [1.807, 2.05) is 7.05 Å². The zero-order chi connectivity index (χ0) is 17.2. The molecule has 0 aromatic carbocycles. The molecule has 2 aliphatic rings. The highest BCUT2D eigenvalue weighted by Crippen LogP contribution is 2.38. The Morgan fingerprint density at radius 1 is 1.25 bits per heavy atom. The molecule has 1 N–H and O–H groups in total. The van der Waals surface area contributed by atoms with E-state index in [1.54, 1.807) is 11.0 Å². The van der Waals surface area contributed by atoms with Crippen LogP contribution in [-0.4, -0.2) is 44.2 Å². The minimum atomic E-state index is -0.287. The van der Waals surface area contributed by atoms with E-state index in [-0.39, 0.29) is 17.5 Å². The Balaban J connectivity index is 1.80. The molecule has 0 bridgehead atoms. The molecular weight excluding hydrogens is 302 g/mol. The van der Waals surface area contributed by atoms with Crippen molar-refractivity contribution in [2.75, 3.05) is 13.1 Å². The van der Waals surface area contributed by atoms with Crippen molar-refractivity contribution in [3.8, 4) is 0 Å². The van der Waals surface area contributed by atoms with E-state index in [4.69, 9.17) is 0 Å². The van der Waals surface area contributed by atoms with Crippen LogP contribution in [0, 0.1) is 5.92 Å². The molecule has 0 spiro atoms. The van der Waals surface area contributed by atoms with Crippen LogP contribution >= 0.6 is 0 Å². The average molecular weight is 333 g/mol. The number of carbonyl (C=O) groups excluding carboxylic acids is 1. The molecule has 1 aliphatic carbocycles. The molecule has 2 heterocycles. The maximum absolute atomic E-state index is 13.3. The molecule has 134 valence electrons. The molecule has 6 heteroatoms. The van der Waals surface area contributed by atoms with Crippen molar-refractivity contribution in [2.45, 2.75) is 70.4 Å². The fourth-order valence-corrected chi connectivity index (χ4v) is 4.41. The van der Waals surface area contributed by atoms with Gasteiger partial charge in [0.05, 0.1) is 6.04 Å². The lowest BCUT2D eigenvalue weighted by atomic mass is 9.92. The van der Waals surface area contributed by atoms with Gasteiger partial charge in [-0.2, -0.15) is 5.10 Å². The number of rotatable bonds is 6. The third-order valence-corrected chi connectivity index (χ3v) is 5.64. The Morgan fingerprint density at radius 3 is 2.46 bits per heavy atom. The van der Waals surface area contributed by atoms with Crippen LogP contribution in [0.4, 0.5) is 0 Å². The van der Waals surface area contributed by atoms with Crippen molar-refractivity contribution >= 4 is 5.91 Å². The second-order valence-corrected chi connectivity index (χ2v) is 7.83. The molecule has 24 heavy (non-hydrogen) atoms. The van der Waals surface area contributed by atoms with Gasteiger partial charge in [0.2, 0.25) is 5.91 Å². The first-order chi connectivity index (χ1) is 11.5. The second-order valence-electron chi connectivity index (χ2n) is 7.83. The van der Waals surface area contributed by atoms with Gasteiger partial charge in [0.25, 0.3) is 0 Å². The largest absolute Gasteiger partial charge is 0.344 e. The van der Waals surface area contributed by atoms with Crippen molar-refractivity contribution in [2.24, 2.45) is 13.0 Å². The number of nitrogens with zero attached hydrogens (tertiary/aromatic N) is 4. The molecule has 1 atom stereocenters. The first-order valence-corrected chi connectivity index (χ1v) is 9.43. The summed E-state index contributed by atoms with van der Waals surface area (Å²) in [6.07, 6.45) is 9.18. The van der Waals surface area contributed by atoms with Gasteiger partial charge in [0, 0.05) is 7.05 Å². The van der Waals surface area contributed by atoms with E-state index >= 15 is 0 Å². The minimum Gasteiger partial charge on any atom is -0.344 e. The normalized spacial score (nSPS) is 22.2. The van der Waals surface area contributed by atoms with Gasteiger partial charge in [-0.15, -0.1) is 0 Å². The second kappa shape index (κ2) is 7.21. The van der Waals surface area contributed by atoms with Crippen LogP contribution in [0.1, 0.15) is 70.7 Å². The highest BCUT2D eigenvalue weighted by molar-refractivity contribution is 5.87. The first-order valence-electron chi connectivity index (χ1n) is 9.43. The summed E-state index contributed by atoms with van der Waals surface area (Å²) in [6.45, 7) is 6.49. The number of nitrogens with one attached hydrogen (secondary N) is 1. The summed E-state index contributed by atoms with van der Waals surface area (Å²) in [6, 6.07) is -0.0647. The van der Waals surface area contributed by atoms with Crippen LogP contribution in [0.5, 0.6) is 0 Å². The summed E-state index contributed by atoms with van der Waals surface area (Å²) in [5, 5.41) is 7.54. The first kappa shape index (κ1) is 17.4.